The third kappa shape index (κ3) is 9.81. The number of rotatable bonds is 8. The van der Waals surface area contributed by atoms with E-state index in [0.717, 1.165) is 38.9 Å². The third-order valence-corrected chi connectivity index (χ3v) is 13.6. The quantitative estimate of drug-likeness (QED) is 0.240. The predicted molar refractivity (Wildman–Crippen MR) is 230 cm³/mol. The number of hydrogen-bond acceptors (Lipinski definition) is 11. The molecule has 18 heteroatoms. The first kappa shape index (κ1) is 45.0. The largest absolute Gasteiger partial charge is 0.459 e. The summed E-state index contributed by atoms with van der Waals surface area (Å²) in [6.07, 6.45) is 5.60. The number of allylic oxidation sites excluding steroid dienone is 1. The highest BCUT2D eigenvalue weighted by Gasteiger charge is 2.62. The van der Waals surface area contributed by atoms with Gasteiger partial charge < -0.3 is 25.0 Å². The maximum Gasteiger partial charge on any atom is 0.408 e. The van der Waals surface area contributed by atoms with Gasteiger partial charge in [-0.1, -0.05) is 57.9 Å². The zero-order chi connectivity index (χ0) is 43.9. The average molecular weight is 869 g/mol. The SMILES string of the molecule is CC(C)n1c(O[C@@H]2C[C@H]3C(=O)N[C@]4(C(=O)NS(=O)(=O)N(C)C)C[C@@H]4/C=C\CCCCC[C@H](NC(=O)OC(C)(C)C)C(=O)N3C2)nc2c(-c3csc(C(C)(C)C)n3)cccc21. The molecule has 1 aliphatic carbocycles. The molecule has 2 fully saturated rings. The monoisotopic (exact) mass is 868 g/mol. The molecule has 0 radical (unpaired) electrons. The van der Waals surface area contributed by atoms with E-state index in [1.54, 1.807) is 32.1 Å². The summed E-state index contributed by atoms with van der Waals surface area (Å²) in [5, 5.41) is 8.67. The zero-order valence-corrected chi connectivity index (χ0v) is 38.0. The van der Waals surface area contributed by atoms with Crippen molar-refractivity contribution >= 4 is 56.4 Å². The molecule has 0 spiro atoms. The van der Waals surface area contributed by atoms with Crippen molar-refractivity contribution in [2.24, 2.45) is 5.92 Å². The van der Waals surface area contributed by atoms with Crippen LogP contribution >= 0.6 is 11.3 Å². The summed E-state index contributed by atoms with van der Waals surface area (Å²) in [5.41, 5.74) is 0.670. The Bertz CT molecular complexity index is 2250. The van der Waals surface area contributed by atoms with Crippen LogP contribution in [0.15, 0.2) is 35.7 Å². The second-order valence-corrected chi connectivity index (χ2v) is 21.3. The summed E-state index contributed by atoms with van der Waals surface area (Å²) < 4.78 is 42.8. The van der Waals surface area contributed by atoms with Gasteiger partial charge in [0.05, 0.1) is 22.8 Å². The van der Waals surface area contributed by atoms with Gasteiger partial charge >= 0.3 is 16.3 Å². The van der Waals surface area contributed by atoms with E-state index in [4.69, 9.17) is 19.4 Å². The highest BCUT2D eigenvalue weighted by Crippen LogP contribution is 2.46. The van der Waals surface area contributed by atoms with Crippen LogP contribution in [0.2, 0.25) is 0 Å². The van der Waals surface area contributed by atoms with E-state index in [1.807, 2.05) is 54.1 Å². The number of thiazole rings is 1. The molecule has 2 aromatic heterocycles. The minimum absolute atomic E-state index is 0.0279. The minimum atomic E-state index is -4.18. The summed E-state index contributed by atoms with van der Waals surface area (Å²) in [7, 11) is -1.59. The minimum Gasteiger partial charge on any atom is -0.459 e. The van der Waals surface area contributed by atoms with Crippen LogP contribution in [-0.4, -0.2) is 106 Å². The van der Waals surface area contributed by atoms with Crippen LogP contribution in [0.1, 0.15) is 111 Å². The smallest absolute Gasteiger partial charge is 0.408 e. The van der Waals surface area contributed by atoms with Crippen LogP contribution in [0.3, 0.4) is 0 Å². The fourth-order valence-electron chi connectivity index (χ4n) is 7.69. The molecule has 3 aromatic rings. The van der Waals surface area contributed by atoms with E-state index in [0.29, 0.717) is 30.8 Å². The number of ether oxygens (including phenoxy) is 2. The lowest BCUT2D eigenvalue weighted by Crippen LogP contribution is -2.58. The van der Waals surface area contributed by atoms with E-state index in [9.17, 15) is 27.6 Å². The van der Waals surface area contributed by atoms with Crippen molar-refractivity contribution in [1.82, 2.24) is 39.1 Å². The molecule has 4 amide bonds. The average Bonchev–Trinajstić information content (AvgIpc) is 3.51. The van der Waals surface area contributed by atoms with Gasteiger partial charge in [-0.25, -0.2) is 14.5 Å². The second-order valence-electron chi connectivity index (χ2n) is 18.6. The highest BCUT2D eigenvalue weighted by atomic mass is 32.2. The number of para-hydroxylation sites is 1. The molecule has 4 heterocycles. The normalized spacial score (nSPS) is 24.9. The lowest BCUT2D eigenvalue weighted by Gasteiger charge is -2.30. The van der Waals surface area contributed by atoms with Crippen molar-refractivity contribution in [2.45, 2.75) is 141 Å². The summed E-state index contributed by atoms with van der Waals surface area (Å²) in [5.74, 6) is -2.49. The van der Waals surface area contributed by atoms with Gasteiger partial charge in [0.1, 0.15) is 34.8 Å². The molecule has 3 N–H and O–H groups in total. The molecule has 2 aliphatic heterocycles. The fourth-order valence-corrected chi connectivity index (χ4v) is 9.20. The lowest BCUT2D eigenvalue weighted by molar-refractivity contribution is -0.141. The van der Waals surface area contributed by atoms with E-state index in [-0.39, 0.29) is 30.8 Å². The number of carbonyl (C=O) groups excluding carboxylic acids is 4. The third-order valence-electron chi connectivity index (χ3n) is 10.9. The highest BCUT2D eigenvalue weighted by molar-refractivity contribution is 7.87. The maximum absolute atomic E-state index is 14.7. The molecule has 1 saturated carbocycles. The molecule has 1 saturated heterocycles. The number of carbonyl (C=O) groups is 4. The number of amides is 4. The van der Waals surface area contributed by atoms with Crippen LogP contribution in [0.25, 0.3) is 22.3 Å². The Hall–Kier alpha value is -4.55. The van der Waals surface area contributed by atoms with Crippen molar-refractivity contribution in [3.8, 4) is 17.3 Å². The number of aromatic nitrogens is 3. The summed E-state index contributed by atoms with van der Waals surface area (Å²) in [6.45, 7) is 15.6. The molecule has 6 rings (SSSR count). The van der Waals surface area contributed by atoms with Crippen molar-refractivity contribution in [3.63, 3.8) is 0 Å². The zero-order valence-electron chi connectivity index (χ0n) is 36.3. The topological polar surface area (TPSA) is 194 Å². The Morgan fingerprint density at radius 2 is 1.80 bits per heavy atom. The first-order chi connectivity index (χ1) is 28.0. The van der Waals surface area contributed by atoms with Gasteiger partial charge in [-0.15, -0.1) is 11.3 Å². The molecule has 5 atom stereocenters. The van der Waals surface area contributed by atoms with Gasteiger partial charge in [0, 0.05) is 48.8 Å². The summed E-state index contributed by atoms with van der Waals surface area (Å²) >= 11 is 1.59. The first-order valence-corrected chi connectivity index (χ1v) is 23.0. The van der Waals surface area contributed by atoms with Crippen LogP contribution in [0.5, 0.6) is 6.01 Å². The molecule has 1 aromatic carbocycles. The van der Waals surface area contributed by atoms with Gasteiger partial charge in [0.2, 0.25) is 11.8 Å². The Morgan fingerprint density at radius 1 is 1.07 bits per heavy atom. The van der Waals surface area contributed by atoms with E-state index >= 15 is 0 Å². The number of benzene rings is 1. The van der Waals surface area contributed by atoms with Gasteiger partial charge in [-0.05, 0) is 66.4 Å². The number of imidazole rings is 1. The molecular formula is C42H60N8O8S2. The number of hydrogen-bond donors (Lipinski definition) is 3. The molecule has 328 valence electrons. The lowest BCUT2D eigenvalue weighted by atomic mass is 9.98. The number of nitrogens with one attached hydrogen (secondary N) is 3. The van der Waals surface area contributed by atoms with Crippen molar-refractivity contribution < 1.29 is 37.1 Å². The molecule has 0 unspecified atom stereocenters. The van der Waals surface area contributed by atoms with E-state index in [1.165, 1.54) is 19.0 Å². The number of fused-ring (bicyclic) bond motifs is 3. The van der Waals surface area contributed by atoms with Crippen LogP contribution in [0.4, 0.5) is 4.79 Å². The van der Waals surface area contributed by atoms with E-state index in [2.05, 4.69) is 36.1 Å². The van der Waals surface area contributed by atoms with Crippen molar-refractivity contribution in [3.05, 3.63) is 40.7 Å². The van der Waals surface area contributed by atoms with Crippen LogP contribution in [0, 0.1) is 5.92 Å². The van der Waals surface area contributed by atoms with Crippen LogP contribution < -0.4 is 20.1 Å². The standard InChI is InChI=1S/C42H60N8O8S2/c1-25(2)50-31-20-16-18-28(30-24-59-37(43-30)40(3,4)5)33(31)45-38(50)57-27-21-32-34(51)46-42(36(53)47-60(55,56)48(9)10)22-26(42)17-14-12-11-13-15-19-29(35(52)49(32)23-27)44-39(54)58-41(6,7)8/h14,16-18,20,24-27,29,32H,11-13,15,19,21-23H2,1-10H3,(H,44,54)(H,46,51)(H,47,53)/b17-14-/t26-,27+,29-,32-,42+/m0/s1. The summed E-state index contributed by atoms with van der Waals surface area (Å²) in [4.78, 5) is 67.5. The predicted octanol–water partition coefficient (Wildman–Crippen LogP) is 5.60. The Kier molecular flexibility index (Phi) is 12.8. The van der Waals surface area contributed by atoms with Gasteiger partial charge in [0.15, 0.2) is 0 Å². The van der Waals surface area contributed by atoms with Crippen molar-refractivity contribution in [2.75, 3.05) is 20.6 Å². The molecule has 16 nitrogen and oxygen atoms in total. The van der Waals surface area contributed by atoms with Crippen molar-refractivity contribution in [1.29, 1.82) is 0 Å². The molecule has 0 bridgehead atoms. The van der Waals surface area contributed by atoms with E-state index < -0.39 is 69.3 Å². The maximum atomic E-state index is 14.7. The van der Waals surface area contributed by atoms with Crippen LogP contribution in [-0.2, 0) is 34.7 Å². The second kappa shape index (κ2) is 17.1. The first-order valence-electron chi connectivity index (χ1n) is 20.7. The van der Waals surface area contributed by atoms with Gasteiger partial charge in [0.25, 0.3) is 11.9 Å². The molecular weight excluding hydrogens is 809 g/mol. The Morgan fingerprint density at radius 3 is 2.45 bits per heavy atom. The fraction of sp³-hybridized carbons (Fsp3) is 0.619. The Labute approximate surface area is 357 Å². The van der Waals surface area contributed by atoms with Gasteiger partial charge in [-0.2, -0.15) is 17.7 Å². The molecule has 3 aliphatic rings. The Balaban J connectivity index is 1.36. The number of nitrogens with zero attached hydrogens (tertiary/aromatic N) is 5. The molecule has 60 heavy (non-hydrogen) atoms. The summed E-state index contributed by atoms with van der Waals surface area (Å²) in [6, 6.07) is 3.96. The van der Waals surface area contributed by atoms with Gasteiger partial charge in [-0.3, -0.25) is 19.0 Å². The number of alkyl carbamates (subject to hydrolysis) is 1.